The maximum absolute atomic E-state index is 12.0. The van der Waals surface area contributed by atoms with Crippen molar-refractivity contribution in [3.05, 3.63) is 52.6 Å². The van der Waals surface area contributed by atoms with Gasteiger partial charge in [0.05, 0.1) is 22.9 Å². The maximum Gasteiger partial charge on any atom is 0.296 e. The van der Waals surface area contributed by atoms with Gasteiger partial charge in [-0.25, -0.2) is 8.42 Å². The van der Waals surface area contributed by atoms with E-state index >= 15 is 0 Å². The fourth-order valence-electron chi connectivity index (χ4n) is 2.35. The zero-order valence-electron chi connectivity index (χ0n) is 15.5. The van der Waals surface area contributed by atoms with Gasteiger partial charge in [-0.2, -0.15) is 0 Å². The number of nitrogens with one attached hydrogen (secondary N) is 2. The number of nitrogens with zero attached hydrogens (tertiary/aromatic N) is 1. The molecule has 0 aliphatic carbocycles. The highest BCUT2D eigenvalue weighted by Crippen LogP contribution is 2.39. The summed E-state index contributed by atoms with van der Waals surface area (Å²) in [6.45, 7) is 1.92. The Morgan fingerprint density at radius 3 is 2.43 bits per heavy atom. The van der Waals surface area contributed by atoms with Crippen LogP contribution in [0.3, 0.4) is 0 Å². The van der Waals surface area contributed by atoms with Crippen LogP contribution in [-0.4, -0.2) is 25.5 Å². The van der Waals surface area contributed by atoms with Crippen molar-refractivity contribution in [3.63, 3.8) is 0 Å². The standard InChI is InChI=1S/C18H21N3O6S/c1-3-4-10-18(22)19-14-11-15(20-28(2,25)26)17(12-16(14)21(23)24)27-13-8-6-5-7-9-13/h5-9,11-12,20H,3-4,10H2,1-2H3,(H,19,22). The van der Waals surface area contributed by atoms with Crippen LogP contribution in [0, 0.1) is 10.1 Å². The number of nitro groups is 1. The predicted molar refractivity (Wildman–Crippen MR) is 106 cm³/mol. The Hall–Kier alpha value is -3.14. The normalized spacial score (nSPS) is 10.9. The summed E-state index contributed by atoms with van der Waals surface area (Å²) in [5, 5.41) is 14.0. The van der Waals surface area contributed by atoms with Crippen molar-refractivity contribution in [2.24, 2.45) is 0 Å². The summed E-state index contributed by atoms with van der Waals surface area (Å²) in [6.07, 6.45) is 2.56. The molecule has 0 spiro atoms. The summed E-state index contributed by atoms with van der Waals surface area (Å²) in [7, 11) is -3.70. The Balaban J connectivity index is 2.49. The van der Waals surface area contributed by atoms with Crippen molar-refractivity contribution < 1.29 is 22.9 Å². The van der Waals surface area contributed by atoms with Crippen LogP contribution in [0.2, 0.25) is 0 Å². The number of carbonyl (C=O) groups excluding carboxylic acids is 1. The number of sulfonamides is 1. The molecule has 0 atom stereocenters. The molecule has 0 heterocycles. The number of para-hydroxylation sites is 1. The minimum atomic E-state index is -3.70. The fraction of sp³-hybridized carbons (Fsp3) is 0.278. The van der Waals surface area contributed by atoms with Gasteiger partial charge < -0.3 is 10.1 Å². The average molecular weight is 407 g/mol. The monoisotopic (exact) mass is 407 g/mol. The molecule has 1 amide bonds. The van der Waals surface area contributed by atoms with Gasteiger partial charge in [-0.1, -0.05) is 31.5 Å². The van der Waals surface area contributed by atoms with Crippen LogP contribution in [0.4, 0.5) is 17.1 Å². The molecular formula is C18H21N3O6S. The van der Waals surface area contributed by atoms with Crippen LogP contribution in [-0.2, 0) is 14.8 Å². The van der Waals surface area contributed by atoms with Crippen LogP contribution in [0.25, 0.3) is 0 Å². The van der Waals surface area contributed by atoms with E-state index in [1.165, 1.54) is 6.07 Å². The van der Waals surface area contributed by atoms with Gasteiger partial charge in [0.2, 0.25) is 15.9 Å². The zero-order chi connectivity index (χ0) is 20.7. The number of ether oxygens (including phenoxy) is 1. The summed E-state index contributed by atoms with van der Waals surface area (Å²) in [4.78, 5) is 22.8. The molecule has 0 unspecified atom stereocenters. The van der Waals surface area contributed by atoms with E-state index in [1.807, 2.05) is 6.92 Å². The SMILES string of the molecule is CCCCC(=O)Nc1cc(NS(C)(=O)=O)c(Oc2ccccc2)cc1[N+](=O)[O-]. The minimum Gasteiger partial charge on any atom is -0.455 e. The van der Waals surface area contributed by atoms with Gasteiger partial charge >= 0.3 is 0 Å². The topological polar surface area (TPSA) is 128 Å². The lowest BCUT2D eigenvalue weighted by atomic mass is 10.2. The van der Waals surface area contributed by atoms with Crippen LogP contribution >= 0.6 is 0 Å². The molecule has 0 fully saturated rings. The Labute approximate surface area is 162 Å². The third-order valence-corrected chi connectivity index (χ3v) is 4.18. The molecule has 0 aromatic heterocycles. The summed E-state index contributed by atoms with van der Waals surface area (Å²) >= 11 is 0. The number of unbranched alkanes of at least 4 members (excludes halogenated alkanes) is 1. The van der Waals surface area contributed by atoms with Crippen molar-refractivity contribution >= 4 is 33.0 Å². The molecule has 2 N–H and O–H groups in total. The molecule has 2 rings (SSSR count). The van der Waals surface area contributed by atoms with Gasteiger partial charge in [0.25, 0.3) is 5.69 Å². The quantitative estimate of drug-likeness (QED) is 0.479. The van der Waals surface area contributed by atoms with Gasteiger partial charge in [0.15, 0.2) is 5.75 Å². The third kappa shape index (κ3) is 6.23. The average Bonchev–Trinajstić information content (AvgIpc) is 2.61. The van der Waals surface area contributed by atoms with E-state index in [0.717, 1.165) is 18.7 Å². The number of hydrogen-bond acceptors (Lipinski definition) is 6. The van der Waals surface area contributed by atoms with Gasteiger partial charge in [-0.05, 0) is 24.6 Å². The highest BCUT2D eigenvalue weighted by Gasteiger charge is 2.22. The fourth-order valence-corrected chi connectivity index (χ4v) is 2.91. The molecule has 0 radical (unpaired) electrons. The van der Waals surface area contributed by atoms with Crippen molar-refractivity contribution in [1.82, 2.24) is 0 Å². The molecule has 2 aromatic carbocycles. The minimum absolute atomic E-state index is 0.0252. The molecule has 9 nitrogen and oxygen atoms in total. The number of hydrogen-bond donors (Lipinski definition) is 2. The second kappa shape index (κ2) is 9.18. The lowest BCUT2D eigenvalue weighted by Crippen LogP contribution is -2.14. The molecule has 150 valence electrons. The van der Waals surface area contributed by atoms with Gasteiger partial charge in [-0.15, -0.1) is 0 Å². The van der Waals surface area contributed by atoms with Crippen molar-refractivity contribution in [1.29, 1.82) is 0 Å². The van der Waals surface area contributed by atoms with E-state index in [9.17, 15) is 23.3 Å². The number of rotatable bonds is 9. The van der Waals surface area contributed by atoms with Crippen molar-refractivity contribution in [2.45, 2.75) is 26.2 Å². The van der Waals surface area contributed by atoms with Crippen LogP contribution < -0.4 is 14.8 Å². The number of amides is 1. The zero-order valence-corrected chi connectivity index (χ0v) is 16.3. The Morgan fingerprint density at radius 1 is 1.18 bits per heavy atom. The van der Waals surface area contributed by atoms with E-state index in [-0.39, 0.29) is 23.5 Å². The first-order valence-electron chi connectivity index (χ1n) is 8.52. The van der Waals surface area contributed by atoms with Gasteiger partial charge in [-0.3, -0.25) is 19.6 Å². The molecular weight excluding hydrogens is 386 g/mol. The van der Waals surface area contributed by atoms with Crippen LogP contribution in [0.15, 0.2) is 42.5 Å². The van der Waals surface area contributed by atoms with Gasteiger partial charge in [0, 0.05) is 6.42 Å². The molecule has 0 aliphatic rings. The van der Waals surface area contributed by atoms with Crippen molar-refractivity contribution in [2.75, 3.05) is 16.3 Å². The van der Waals surface area contributed by atoms with Crippen molar-refractivity contribution in [3.8, 4) is 11.5 Å². The van der Waals surface area contributed by atoms with E-state index in [0.29, 0.717) is 12.2 Å². The lowest BCUT2D eigenvalue weighted by Gasteiger charge is -2.15. The molecule has 28 heavy (non-hydrogen) atoms. The first kappa shape index (κ1) is 21.2. The Morgan fingerprint density at radius 2 is 1.86 bits per heavy atom. The largest absolute Gasteiger partial charge is 0.455 e. The predicted octanol–water partition coefficient (Wildman–Crippen LogP) is 3.89. The van der Waals surface area contributed by atoms with Crippen LogP contribution in [0.1, 0.15) is 26.2 Å². The lowest BCUT2D eigenvalue weighted by molar-refractivity contribution is -0.384. The highest BCUT2D eigenvalue weighted by molar-refractivity contribution is 7.92. The number of anilines is 2. The molecule has 0 aliphatic heterocycles. The van der Waals surface area contributed by atoms with Gasteiger partial charge in [0.1, 0.15) is 11.4 Å². The summed E-state index contributed by atoms with van der Waals surface area (Å²) in [5.41, 5.74) is -0.546. The molecule has 2 aromatic rings. The highest BCUT2D eigenvalue weighted by atomic mass is 32.2. The smallest absolute Gasteiger partial charge is 0.296 e. The maximum atomic E-state index is 12.0. The molecule has 0 saturated heterocycles. The first-order chi connectivity index (χ1) is 13.2. The van der Waals surface area contributed by atoms with E-state index in [2.05, 4.69) is 10.0 Å². The van der Waals surface area contributed by atoms with E-state index in [1.54, 1.807) is 30.3 Å². The number of benzene rings is 2. The third-order valence-electron chi connectivity index (χ3n) is 3.59. The second-order valence-corrected chi connectivity index (χ2v) is 7.81. The summed E-state index contributed by atoms with van der Waals surface area (Å²) in [6, 6.07) is 10.7. The molecule has 10 heteroatoms. The Kier molecular flexibility index (Phi) is 6.94. The molecule has 0 bridgehead atoms. The Bertz CT molecular complexity index is 961. The van der Waals surface area contributed by atoms with E-state index in [4.69, 9.17) is 4.74 Å². The molecule has 0 saturated carbocycles. The summed E-state index contributed by atoms with van der Waals surface area (Å²) in [5.74, 6) is -0.0880. The number of carbonyl (C=O) groups is 1. The summed E-state index contributed by atoms with van der Waals surface area (Å²) < 4.78 is 31.3. The second-order valence-electron chi connectivity index (χ2n) is 6.06. The van der Waals surface area contributed by atoms with E-state index < -0.39 is 26.5 Å². The first-order valence-corrected chi connectivity index (χ1v) is 10.4. The number of nitro benzene ring substituents is 1. The van der Waals surface area contributed by atoms with Crippen LogP contribution in [0.5, 0.6) is 11.5 Å².